The molecule has 0 amide bonds. The molecule has 0 aromatic heterocycles. The molecule has 208 valence electrons. The van der Waals surface area contributed by atoms with E-state index in [-0.39, 0.29) is 51.3 Å². The van der Waals surface area contributed by atoms with Crippen LogP contribution in [0.5, 0.6) is 0 Å². The van der Waals surface area contributed by atoms with Crippen LogP contribution in [0.2, 0.25) is 0 Å². The van der Waals surface area contributed by atoms with Gasteiger partial charge in [0.1, 0.15) is 6.07 Å². The van der Waals surface area contributed by atoms with Gasteiger partial charge in [0.15, 0.2) is 11.6 Å². The van der Waals surface area contributed by atoms with Gasteiger partial charge >= 0.3 is 0 Å². The second-order valence-corrected chi connectivity index (χ2v) is 15.0. The lowest BCUT2D eigenvalue weighted by molar-refractivity contribution is -0.131. The van der Waals surface area contributed by atoms with Gasteiger partial charge in [-0.05, 0) is 79.1 Å². The molecule has 0 saturated heterocycles. The normalized spacial score (nSPS) is 30.8. The van der Waals surface area contributed by atoms with Crippen LogP contribution in [0, 0.1) is 49.7 Å². The fraction of sp³-hybridized carbons (Fsp3) is 0.788. The van der Waals surface area contributed by atoms with E-state index in [0.717, 1.165) is 50.5 Å². The first-order chi connectivity index (χ1) is 16.7. The molecule has 4 atom stereocenters. The number of nitrogens with zero attached hydrogens (tertiary/aromatic N) is 1. The molecule has 37 heavy (non-hydrogen) atoms. The molecule has 2 aliphatic rings. The summed E-state index contributed by atoms with van der Waals surface area (Å²) in [5, 5.41) is 20.2. The van der Waals surface area contributed by atoms with Crippen molar-refractivity contribution in [3.05, 3.63) is 23.3 Å². The third-order valence-corrected chi connectivity index (χ3v) is 11.0. The molecule has 2 aliphatic carbocycles. The molecule has 0 aromatic carbocycles. The zero-order valence-corrected chi connectivity index (χ0v) is 25.6. The number of fused-ring (bicyclic) bond motifs is 1. The number of hydrogen-bond donors (Lipinski definition) is 1. The Kier molecular flexibility index (Phi) is 8.89. The molecule has 0 unspecified atom stereocenters. The van der Waals surface area contributed by atoms with Crippen molar-refractivity contribution >= 4 is 11.6 Å². The van der Waals surface area contributed by atoms with Crippen molar-refractivity contribution in [2.24, 2.45) is 38.4 Å². The van der Waals surface area contributed by atoms with Crippen molar-refractivity contribution in [3.8, 4) is 6.07 Å². The maximum Gasteiger partial charge on any atom is 0.178 e. The first-order valence-corrected chi connectivity index (χ1v) is 14.3. The number of aliphatic hydroxyl groups excluding tert-OH is 1. The summed E-state index contributed by atoms with van der Waals surface area (Å²) in [5.41, 5.74) is -0.299. The van der Waals surface area contributed by atoms with Crippen molar-refractivity contribution in [3.63, 3.8) is 0 Å². The van der Waals surface area contributed by atoms with Crippen LogP contribution in [0.15, 0.2) is 23.3 Å². The van der Waals surface area contributed by atoms with Gasteiger partial charge in [-0.15, -0.1) is 0 Å². The number of nitriles is 1. The summed E-state index contributed by atoms with van der Waals surface area (Å²) in [6.45, 7) is 23.7. The third-order valence-electron chi connectivity index (χ3n) is 11.0. The summed E-state index contributed by atoms with van der Waals surface area (Å²) in [7, 11) is 0. The molecule has 0 aliphatic heterocycles. The van der Waals surface area contributed by atoms with Crippen molar-refractivity contribution in [1.82, 2.24) is 0 Å². The number of allylic oxidation sites excluding steroid dienone is 4. The average Bonchev–Trinajstić information content (AvgIpc) is 2.81. The molecule has 0 aromatic rings. The van der Waals surface area contributed by atoms with E-state index in [1.165, 1.54) is 0 Å². The van der Waals surface area contributed by atoms with Gasteiger partial charge in [-0.3, -0.25) is 9.59 Å². The number of carbonyl (C=O) groups excluding carboxylic acids is 2. The molecule has 4 heteroatoms. The number of hydrogen-bond acceptors (Lipinski definition) is 4. The van der Waals surface area contributed by atoms with Crippen LogP contribution in [0.4, 0.5) is 0 Å². The first kappa shape index (κ1) is 31.5. The topological polar surface area (TPSA) is 78.2 Å². The minimum absolute atomic E-state index is 0.00232. The third kappa shape index (κ3) is 5.83. The fourth-order valence-corrected chi connectivity index (χ4v) is 7.10. The van der Waals surface area contributed by atoms with Crippen molar-refractivity contribution in [1.29, 1.82) is 5.26 Å². The molecule has 0 radical (unpaired) electrons. The first-order valence-electron chi connectivity index (χ1n) is 14.3. The zero-order chi connectivity index (χ0) is 28.7. The van der Waals surface area contributed by atoms with Crippen LogP contribution in [0.25, 0.3) is 0 Å². The molecule has 1 fully saturated rings. The van der Waals surface area contributed by atoms with Crippen LogP contribution >= 0.6 is 0 Å². The summed E-state index contributed by atoms with van der Waals surface area (Å²) < 4.78 is 0. The summed E-state index contributed by atoms with van der Waals surface area (Å²) in [4.78, 5) is 25.8. The molecule has 1 saturated carbocycles. The van der Waals surface area contributed by atoms with Gasteiger partial charge in [-0.1, -0.05) is 87.3 Å². The maximum atomic E-state index is 13.2. The van der Waals surface area contributed by atoms with Crippen LogP contribution < -0.4 is 0 Å². The van der Waals surface area contributed by atoms with Crippen LogP contribution in [0.3, 0.4) is 0 Å². The lowest BCUT2D eigenvalue weighted by atomic mass is 9.42. The Hall–Kier alpha value is -1.73. The smallest absolute Gasteiger partial charge is 0.178 e. The Morgan fingerprint density at radius 1 is 1.11 bits per heavy atom. The Bertz CT molecular complexity index is 1010. The summed E-state index contributed by atoms with van der Waals surface area (Å²) in [6.07, 6.45) is 10.4. The second kappa shape index (κ2) is 10.4. The Morgan fingerprint density at radius 3 is 2.16 bits per heavy atom. The van der Waals surface area contributed by atoms with E-state index in [9.17, 15) is 20.0 Å². The van der Waals surface area contributed by atoms with E-state index < -0.39 is 10.8 Å². The van der Waals surface area contributed by atoms with Gasteiger partial charge in [-0.25, -0.2) is 0 Å². The van der Waals surface area contributed by atoms with E-state index in [1.54, 1.807) is 13.0 Å². The lowest BCUT2D eigenvalue weighted by Crippen LogP contribution is -2.55. The highest BCUT2D eigenvalue weighted by Gasteiger charge is 2.61. The monoisotopic (exact) mass is 511 g/mol. The molecule has 0 spiro atoms. The Balaban J connectivity index is 2.52. The SMILES string of the molecule is CCC(C)(C)CC[C@](C)(CO)CCC(C)(C)[C@]1(C)CC[C@H]2C(C)(C)C(=O)C(C#N)=C[C@]2(C)/C1=C/C(C)=O. The molecular formula is C33H53NO3. The van der Waals surface area contributed by atoms with Crippen molar-refractivity contribution < 1.29 is 14.7 Å². The van der Waals surface area contributed by atoms with Crippen LogP contribution in [-0.4, -0.2) is 23.3 Å². The lowest BCUT2D eigenvalue weighted by Gasteiger charge is -2.61. The summed E-state index contributed by atoms with van der Waals surface area (Å²) >= 11 is 0. The summed E-state index contributed by atoms with van der Waals surface area (Å²) in [6, 6.07) is 2.16. The predicted octanol–water partition coefficient (Wildman–Crippen LogP) is 8.00. The number of ketones is 2. The van der Waals surface area contributed by atoms with Gasteiger partial charge in [0.2, 0.25) is 0 Å². The molecule has 0 bridgehead atoms. The highest BCUT2D eigenvalue weighted by Crippen LogP contribution is 2.67. The van der Waals surface area contributed by atoms with E-state index in [2.05, 4.69) is 61.5 Å². The van der Waals surface area contributed by atoms with Gasteiger partial charge in [-0.2, -0.15) is 5.26 Å². The van der Waals surface area contributed by atoms with E-state index in [1.807, 2.05) is 19.9 Å². The molecule has 1 N–H and O–H groups in total. The summed E-state index contributed by atoms with van der Waals surface area (Å²) in [5.74, 6) is -0.0585. The molecule has 0 heterocycles. The largest absolute Gasteiger partial charge is 0.396 e. The molecule has 4 nitrogen and oxygen atoms in total. The Labute approximate surface area is 227 Å². The minimum Gasteiger partial charge on any atom is -0.396 e. The number of Topliss-reactive ketones (excluding diaryl/α,β-unsaturated/α-hetero) is 1. The number of rotatable bonds is 10. The molecule has 2 rings (SSSR count). The highest BCUT2D eigenvalue weighted by atomic mass is 16.3. The van der Waals surface area contributed by atoms with Gasteiger partial charge in [0, 0.05) is 17.4 Å². The number of carbonyl (C=O) groups is 2. The maximum absolute atomic E-state index is 13.2. The minimum atomic E-state index is -0.669. The second-order valence-electron chi connectivity index (χ2n) is 15.0. The fourth-order valence-electron chi connectivity index (χ4n) is 7.10. The highest BCUT2D eigenvalue weighted by molar-refractivity contribution is 6.04. The van der Waals surface area contributed by atoms with Crippen LogP contribution in [-0.2, 0) is 9.59 Å². The van der Waals surface area contributed by atoms with Crippen molar-refractivity contribution in [2.45, 2.75) is 121 Å². The zero-order valence-electron chi connectivity index (χ0n) is 25.6. The Morgan fingerprint density at radius 2 is 1.68 bits per heavy atom. The quantitative estimate of drug-likeness (QED) is 0.301. The van der Waals surface area contributed by atoms with Gasteiger partial charge < -0.3 is 5.11 Å². The number of aliphatic hydroxyl groups is 1. The van der Waals surface area contributed by atoms with E-state index in [0.29, 0.717) is 0 Å². The molecular weight excluding hydrogens is 458 g/mol. The van der Waals surface area contributed by atoms with Gasteiger partial charge in [0.25, 0.3) is 0 Å². The average molecular weight is 512 g/mol. The predicted molar refractivity (Wildman–Crippen MR) is 152 cm³/mol. The van der Waals surface area contributed by atoms with E-state index in [4.69, 9.17) is 0 Å². The van der Waals surface area contributed by atoms with Crippen LogP contribution in [0.1, 0.15) is 121 Å². The standard InChI is InChI=1S/C33H53NO3/c1-12-28(3,4)15-17-31(9,22-35)18-16-29(5,6)33(11)14-13-25-30(7,8)27(37)24(21-34)20-32(25,10)26(33)19-23(2)36/h19-20,25,35H,12-18,22H2,1-11H3/b26-19-/t25-,31-,32-,33+/m0/s1. The van der Waals surface area contributed by atoms with Crippen molar-refractivity contribution in [2.75, 3.05) is 6.61 Å². The van der Waals surface area contributed by atoms with E-state index >= 15 is 0 Å². The van der Waals surface area contributed by atoms with Gasteiger partial charge in [0.05, 0.1) is 5.57 Å².